The van der Waals surface area contributed by atoms with Gasteiger partial charge in [0.05, 0.1) is 6.04 Å². The minimum atomic E-state index is -0.0909. The molecule has 1 aliphatic rings. The van der Waals surface area contributed by atoms with Crippen LogP contribution in [0.25, 0.3) is 0 Å². The molecule has 26 heavy (non-hydrogen) atoms. The van der Waals surface area contributed by atoms with Crippen molar-refractivity contribution >= 4 is 23.1 Å². The lowest BCUT2D eigenvalue weighted by Gasteiger charge is -2.24. The predicted molar refractivity (Wildman–Crippen MR) is 101 cm³/mol. The zero-order chi connectivity index (χ0) is 17.8. The van der Waals surface area contributed by atoms with Crippen LogP contribution in [0, 0.1) is 0 Å². The number of thiophene rings is 1. The number of rotatable bonds is 4. The summed E-state index contributed by atoms with van der Waals surface area (Å²) in [6.45, 7) is 0.764. The highest BCUT2D eigenvalue weighted by Crippen LogP contribution is 2.33. The minimum absolute atomic E-state index is 0.0909. The number of amides is 2. The highest BCUT2D eigenvalue weighted by Gasteiger charge is 2.30. The van der Waals surface area contributed by atoms with Crippen LogP contribution in [0.1, 0.15) is 24.4 Å². The molecule has 1 N–H and O–H groups in total. The quantitative estimate of drug-likeness (QED) is 0.727. The van der Waals surface area contributed by atoms with Gasteiger partial charge in [-0.15, -0.1) is 0 Å². The zero-order valence-corrected chi connectivity index (χ0v) is 14.9. The summed E-state index contributed by atoms with van der Waals surface area (Å²) in [4.78, 5) is 22.7. The Morgan fingerprint density at radius 3 is 2.92 bits per heavy atom. The smallest absolute Gasteiger partial charge is 0.322 e. The third-order valence-electron chi connectivity index (χ3n) is 4.28. The second-order valence-corrected chi connectivity index (χ2v) is 6.78. The molecule has 6 nitrogen and oxygen atoms in total. The van der Waals surface area contributed by atoms with Crippen molar-refractivity contribution in [2.24, 2.45) is 0 Å². The van der Waals surface area contributed by atoms with Gasteiger partial charge in [-0.05, 0) is 53.4 Å². The summed E-state index contributed by atoms with van der Waals surface area (Å²) >= 11 is 1.66. The van der Waals surface area contributed by atoms with E-state index in [0.29, 0.717) is 11.4 Å². The number of nitrogens with one attached hydrogen (secondary N) is 1. The molecule has 1 aromatic carbocycles. The van der Waals surface area contributed by atoms with Gasteiger partial charge in [0.15, 0.2) is 0 Å². The fourth-order valence-corrected chi connectivity index (χ4v) is 3.80. The van der Waals surface area contributed by atoms with Gasteiger partial charge in [-0.25, -0.2) is 14.8 Å². The number of aromatic nitrogens is 2. The molecule has 4 rings (SSSR count). The van der Waals surface area contributed by atoms with Crippen molar-refractivity contribution in [1.29, 1.82) is 0 Å². The number of ether oxygens (including phenoxy) is 1. The summed E-state index contributed by atoms with van der Waals surface area (Å²) in [6, 6.07) is 11.4. The van der Waals surface area contributed by atoms with Gasteiger partial charge >= 0.3 is 12.0 Å². The maximum absolute atomic E-state index is 12.7. The van der Waals surface area contributed by atoms with Crippen LogP contribution in [0.15, 0.2) is 59.6 Å². The third-order valence-corrected chi connectivity index (χ3v) is 4.98. The molecule has 2 amide bonds. The fourth-order valence-electron chi connectivity index (χ4n) is 3.10. The number of urea groups is 1. The molecule has 0 radical (unpaired) electrons. The molecule has 3 heterocycles. The highest BCUT2D eigenvalue weighted by atomic mass is 32.1. The molecule has 1 atom stereocenters. The lowest BCUT2D eigenvalue weighted by Crippen LogP contribution is -2.34. The zero-order valence-electron chi connectivity index (χ0n) is 14.0. The number of anilines is 1. The number of hydrogen-bond acceptors (Lipinski definition) is 5. The molecule has 0 saturated carbocycles. The average molecular weight is 366 g/mol. The molecule has 0 bridgehead atoms. The number of likely N-dealkylation sites (tertiary alicyclic amines) is 1. The number of carbonyl (C=O) groups is 1. The van der Waals surface area contributed by atoms with E-state index in [9.17, 15) is 4.79 Å². The second kappa shape index (κ2) is 7.53. The molecular formula is C19H18N4O2S. The molecule has 0 spiro atoms. The summed E-state index contributed by atoms with van der Waals surface area (Å²) in [5.74, 6) is 0.574. The van der Waals surface area contributed by atoms with Crippen molar-refractivity contribution in [1.82, 2.24) is 14.9 Å². The fraction of sp³-hybridized carbons (Fsp3) is 0.211. The van der Waals surface area contributed by atoms with Crippen LogP contribution in [-0.2, 0) is 0 Å². The Kier molecular flexibility index (Phi) is 4.79. The van der Waals surface area contributed by atoms with Gasteiger partial charge in [0.1, 0.15) is 5.75 Å². The molecule has 1 fully saturated rings. The van der Waals surface area contributed by atoms with Crippen LogP contribution < -0.4 is 10.1 Å². The van der Waals surface area contributed by atoms with Gasteiger partial charge in [-0.2, -0.15) is 11.3 Å². The Balaban J connectivity index is 1.45. The van der Waals surface area contributed by atoms with Gasteiger partial charge in [0.25, 0.3) is 0 Å². The minimum Gasteiger partial charge on any atom is -0.424 e. The van der Waals surface area contributed by atoms with Crippen LogP contribution in [0.4, 0.5) is 10.5 Å². The number of benzene rings is 1. The van der Waals surface area contributed by atoms with Crippen LogP contribution in [-0.4, -0.2) is 27.4 Å². The Morgan fingerprint density at radius 1 is 1.23 bits per heavy atom. The molecular weight excluding hydrogens is 348 g/mol. The van der Waals surface area contributed by atoms with Gasteiger partial charge in [0.2, 0.25) is 0 Å². The van der Waals surface area contributed by atoms with Gasteiger partial charge in [-0.3, -0.25) is 0 Å². The normalized spacial score (nSPS) is 16.5. The first-order valence-electron chi connectivity index (χ1n) is 8.44. The molecule has 0 unspecified atom stereocenters. The molecule has 0 aliphatic carbocycles. The first-order valence-corrected chi connectivity index (χ1v) is 9.38. The summed E-state index contributed by atoms with van der Waals surface area (Å²) in [5.41, 5.74) is 1.89. The first-order chi connectivity index (χ1) is 12.8. The van der Waals surface area contributed by atoms with Crippen LogP contribution in [0.2, 0.25) is 0 Å². The Bertz CT molecular complexity index is 870. The molecule has 3 aromatic rings. The maximum atomic E-state index is 12.7. The summed E-state index contributed by atoms with van der Waals surface area (Å²) in [7, 11) is 0. The largest absolute Gasteiger partial charge is 0.424 e. The SMILES string of the molecule is O=C(Nc1cccc(Oc2ncccn2)c1)N1CCC[C@@H]1c1ccsc1. The standard InChI is InChI=1S/C19H18N4O2S/c24-19(23-10-2-6-17(23)14-7-11-26-13-14)22-15-4-1-5-16(12-15)25-18-20-8-3-9-21-18/h1,3-5,7-9,11-13,17H,2,6,10H2,(H,22,24)/t17-/m1/s1. The number of hydrogen-bond donors (Lipinski definition) is 1. The van der Waals surface area contributed by atoms with Crippen LogP contribution in [0.3, 0.4) is 0 Å². The lowest BCUT2D eigenvalue weighted by molar-refractivity contribution is 0.207. The average Bonchev–Trinajstić information content (AvgIpc) is 3.34. The first kappa shape index (κ1) is 16.5. The van der Waals surface area contributed by atoms with E-state index in [0.717, 1.165) is 19.4 Å². The Hall–Kier alpha value is -2.93. The van der Waals surface area contributed by atoms with E-state index in [1.54, 1.807) is 41.9 Å². The van der Waals surface area contributed by atoms with Crippen molar-refractivity contribution in [3.05, 3.63) is 65.1 Å². The van der Waals surface area contributed by atoms with E-state index >= 15 is 0 Å². The molecule has 1 saturated heterocycles. The second-order valence-electron chi connectivity index (χ2n) is 6.00. The van der Waals surface area contributed by atoms with Crippen molar-refractivity contribution in [2.75, 3.05) is 11.9 Å². The molecule has 132 valence electrons. The molecule has 7 heteroatoms. The Labute approximate surface area is 155 Å². The van der Waals surface area contributed by atoms with Crippen LogP contribution in [0.5, 0.6) is 11.8 Å². The van der Waals surface area contributed by atoms with Crippen molar-refractivity contribution in [3.63, 3.8) is 0 Å². The van der Waals surface area contributed by atoms with E-state index in [1.807, 2.05) is 17.0 Å². The summed E-state index contributed by atoms with van der Waals surface area (Å²) < 4.78 is 5.62. The van der Waals surface area contributed by atoms with Crippen molar-refractivity contribution < 1.29 is 9.53 Å². The monoisotopic (exact) mass is 366 g/mol. The summed E-state index contributed by atoms with van der Waals surface area (Å²) in [6.07, 6.45) is 5.25. The van der Waals surface area contributed by atoms with E-state index in [2.05, 4.69) is 32.1 Å². The number of carbonyl (C=O) groups excluding carboxylic acids is 1. The van der Waals surface area contributed by atoms with Gasteiger partial charge in [-0.1, -0.05) is 6.07 Å². The topological polar surface area (TPSA) is 67.3 Å². The van der Waals surface area contributed by atoms with Crippen LogP contribution >= 0.6 is 11.3 Å². The molecule has 2 aromatic heterocycles. The van der Waals surface area contributed by atoms with Crippen molar-refractivity contribution in [2.45, 2.75) is 18.9 Å². The predicted octanol–water partition coefficient (Wildman–Crippen LogP) is 4.70. The maximum Gasteiger partial charge on any atom is 0.322 e. The molecule has 1 aliphatic heterocycles. The third kappa shape index (κ3) is 3.67. The highest BCUT2D eigenvalue weighted by molar-refractivity contribution is 7.08. The van der Waals surface area contributed by atoms with E-state index < -0.39 is 0 Å². The van der Waals surface area contributed by atoms with Gasteiger partial charge in [0, 0.05) is 30.7 Å². The lowest BCUT2D eigenvalue weighted by atomic mass is 10.1. The van der Waals surface area contributed by atoms with E-state index in [1.165, 1.54) is 5.56 Å². The van der Waals surface area contributed by atoms with E-state index in [4.69, 9.17) is 4.74 Å². The Morgan fingerprint density at radius 2 is 2.12 bits per heavy atom. The van der Waals surface area contributed by atoms with Crippen molar-refractivity contribution in [3.8, 4) is 11.8 Å². The van der Waals surface area contributed by atoms with Gasteiger partial charge < -0.3 is 15.0 Å². The van der Waals surface area contributed by atoms with E-state index in [-0.39, 0.29) is 18.1 Å². The number of nitrogens with zero attached hydrogens (tertiary/aromatic N) is 3. The summed E-state index contributed by atoms with van der Waals surface area (Å²) in [5, 5.41) is 7.14.